The third-order valence-corrected chi connectivity index (χ3v) is 8.98. The molecule has 11 nitrogen and oxygen atoms in total. The molecule has 2 aromatic carbocycles. The quantitative estimate of drug-likeness (QED) is 0.256. The Morgan fingerprint density at radius 2 is 1.67 bits per heavy atom. The van der Waals surface area contributed by atoms with Crippen molar-refractivity contribution >= 4 is 33.4 Å². The summed E-state index contributed by atoms with van der Waals surface area (Å²) in [4.78, 5) is 38.0. The lowest BCUT2D eigenvalue weighted by atomic mass is 9.86. The fraction of sp³-hybridized carbons (Fsp3) is 0.500. The van der Waals surface area contributed by atoms with Crippen molar-refractivity contribution in [2.75, 3.05) is 24.2 Å². The van der Waals surface area contributed by atoms with Crippen LogP contribution in [0, 0.1) is 5.92 Å². The molecule has 0 bridgehead atoms. The summed E-state index contributed by atoms with van der Waals surface area (Å²) >= 11 is 0. The Bertz CT molecular complexity index is 1470. The standard InChI is InChI=1S/C30H38F3N3O8S/c1-29(2,3)44-28(41)36-24-13-10-20(30(31,32)33)14-22(24)27(40)34-15-26(39)35-23-7-5-4-6-19(23)17-45(42,43)21-11-8-18(9-12-21)25(38)16-37/h8-14,19,23,25,37-38H,4-7,15-17H2,1-3H3,(H,34,40)(H,35,39)(H,36,41)/t19-,23+,25?/m1/s1. The summed E-state index contributed by atoms with van der Waals surface area (Å²) in [6.45, 7) is 3.62. The molecule has 0 spiro atoms. The normalized spacial score (nSPS) is 18.0. The highest BCUT2D eigenvalue weighted by Gasteiger charge is 2.33. The van der Waals surface area contributed by atoms with Gasteiger partial charge in [0.15, 0.2) is 9.84 Å². The van der Waals surface area contributed by atoms with Gasteiger partial charge in [-0.2, -0.15) is 13.2 Å². The second kappa shape index (κ2) is 14.6. The molecule has 45 heavy (non-hydrogen) atoms. The van der Waals surface area contributed by atoms with Crippen molar-refractivity contribution in [3.8, 4) is 0 Å². The first-order valence-electron chi connectivity index (χ1n) is 14.3. The van der Waals surface area contributed by atoms with Gasteiger partial charge in [-0.3, -0.25) is 14.9 Å². The highest BCUT2D eigenvalue weighted by atomic mass is 32.2. The Balaban J connectivity index is 1.68. The van der Waals surface area contributed by atoms with E-state index in [2.05, 4.69) is 16.0 Å². The monoisotopic (exact) mass is 657 g/mol. The predicted octanol–water partition coefficient (Wildman–Crippen LogP) is 3.96. The number of ether oxygens (including phenoxy) is 1. The molecular formula is C30H38F3N3O8S. The van der Waals surface area contributed by atoms with Crippen molar-refractivity contribution in [3.05, 3.63) is 59.2 Å². The molecule has 3 atom stereocenters. The number of alkyl halides is 3. The molecule has 0 radical (unpaired) electrons. The highest BCUT2D eigenvalue weighted by molar-refractivity contribution is 7.91. The van der Waals surface area contributed by atoms with Crippen LogP contribution in [-0.2, 0) is 25.5 Å². The maximum atomic E-state index is 13.4. The smallest absolute Gasteiger partial charge is 0.416 e. The number of carbonyl (C=O) groups is 3. The van der Waals surface area contributed by atoms with Gasteiger partial charge in [0, 0.05) is 6.04 Å². The van der Waals surface area contributed by atoms with Crippen LogP contribution in [0.2, 0.25) is 0 Å². The van der Waals surface area contributed by atoms with Gasteiger partial charge in [-0.05, 0) is 75.4 Å². The average molecular weight is 658 g/mol. The number of hydrogen-bond donors (Lipinski definition) is 5. The molecule has 3 amide bonds. The van der Waals surface area contributed by atoms with E-state index in [9.17, 15) is 41.1 Å². The number of aliphatic hydroxyl groups is 2. The number of benzene rings is 2. The van der Waals surface area contributed by atoms with Gasteiger partial charge in [0.1, 0.15) is 11.7 Å². The zero-order valence-electron chi connectivity index (χ0n) is 25.1. The number of sulfone groups is 1. The van der Waals surface area contributed by atoms with Crippen LogP contribution in [0.1, 0.15) is 74.0 Å². The second-order valence-electron chi connectivity index (χ2n) is 11.8. The van der Waals surface area contributed by atoms with Crippen molar-refractivity contribution in [2.24, 2.45) is 5.92 Å². The molecule has 0 aliphatic heterocycles. The molecule has 0 aromatic heterocycles. The number of hydrogen-bond acceptors (Lipinski definition) is 8. The molecule has 1 aliphatic carbocycles. The van der Waals surface area contributed by atoms with Crippen LogP contribution in [0.4, 0.5) is 23.7 Å². The van der Waals surface area contributed by atoms with E-state index in [0.717, 1.165) is 18.9 Å². The highest BCUT2D eigenvalue weighted by Crippen LogP contribution is 2.32. The third-order valence-electron chi connectivity index (χ3n) is 7.12. The van der Waals surface area contributed by atoms with E-state index in [1.165, 1.54) is 24.3 Å². The van der Waals surface area contributed by atoms with E-state index < -0.39 is 81.9 Å². The molecular weight excluding hydrogens is 619 g/mol. The molecule has 1 unspecified atom stereocenters. The third kappa shape index (κ3) is 10.4. The van der Waals surface area contributed by atoms with E-state index >= 15 is 0 Å². The summed E-state index contributed by atoms with van der Waals surface area (Å²) in [7, 11) is -3.78. The van der Waals surface area contributed by atoms with Crippen molar-refractivity contribution < 1.29 is 50.9 Å². The Hall–Kier alpha value is -3.69. The zero-order chi connectivity index (χ0) is 33.6. The van der Waals surface area contributed by atoms with Crippen molar-refractivity contribution in [1.29, 1.82) is 0 Å². The average Bonchev–Trinajstić information content (AvgIpc) is 2.95. The lowest BCUT2D eigenvalue weighted by Crippen LogP contribution is -2.47. The van der Waals surface area contributed by atoms with E-state index in [4.69, 9.17) is 9.84 Å². The van der Waals surface area contributed by atoms with Crippen molar-refractivity contribution in [1.82, 2.24) is 10.6 Å². The summed E-state index contributed by atoms with van der Waals surface area (Å²) in [5.41, 5.74) is -2.49. The van der Waals surface area contributed by atoms with E-state index in [1.807, 2.05) is 0 Å². The minimum Gasteiger partial charge on any atom is -0.444 e. The maximum absolute atomic E-state index is 13.4. The van der Waals surface area contributed by atoms with Gasteiger partial charge in [-0.15, -0.1) is 0 Å². The molecule has 5 N–H and O–H groups in total. The Morgan fingerprint density at radius 3 is 2.27 bits per heavy atom. The second-order valence-corrected chi connectivity index (χ2v) is 13.9. The van der Waals surface area contributed by atoms with Gasteiger partial charge in [0.2, 0.25) is 5.91 Å². The Kier molecular flexibility index (Phi) is 11.6. The van der Waals surface area contributed by atoms with Gasteiger partial charge in [-0.25, -0.2) is 13.2 Å². The Morgan fingerprint density at radius 1 is 1.02 bits per heavy atom. The molecule has 2 aromatic rings. The summed E-state index contributed by atoms with van der Waals surface area (Å²) in [5.74, 6) is -2.44. The molecule has 1 saturated carbocycles. The van der Waals surface area contributed by atoms with Gasteiger partial charge in [0.05, 0.1) is 40.6 Å². The number of carbonyl (C=O) groups excluding carboxylic acids is 3. The molecule has 15 heteroatoms. The molecule has 1 aliphatic rings. The molecule has 248 valence electrons. The number of aliphatic hydroxyl groups excluding tert-OH is 2. The number of anilines is 1. The van der Waals surface area contributed by atoms with Gasteiger partial charge in [0.25, 0.3) is 5.91 Å². The van der Waals surface area contributed by atoms with Crippen LogP contribution < -0.4 is 16.0 Å². The lowest BCUT2D eigenvalue weighted by Gasteiger charge is -2.32. The summed E-state index contributed by atoms with van der Waals surface area (Å²) in [6.07, 6.45) is -4.44. The Labute approximate surface area is 259 Å². The minimum atomic E-state index is -4.78. The van der Waals surface area contributed by atoms with Crippen LogP contribution >= 0.6 is 0 Å². The SMILES string of the molecule is CC(C)(C)OC(=O)Nc1ccc(C(F)(F)F)cc1C(=O)NCC(=O)N[C@H]1CCCC[C@@H]1CS(=O)(=O)c1ccc(C(O)CO)cc1. The lowest BCUT2D eigenvalue weighted by molar-refractivity contribution is -0.137. The first-order valence-corrected chi connectivity index (χ1v) is 16.0. The first kappa shape index (κ1) is 35.8. The number of halogens is 3. The van der Waals surface area contributed by atoms with Gasteiger partial charge in [-0.1, -0.05) is 25.0 Å². The fourth-order valence-corrected chi connectivity index (χ4v) is 6.63. The molecule has 0 saturated heterocycles. The van der Waals surface area contributed by atoms with E-state index in [-0.39, 0.29) is 16.3 Å². The maximum Gasteiger partial charge on any atom is 0.416 e. The molecule has 1 fully saturated rings. The first-order chi connectivity index (χ1) is 20.9. The van der Waals surface area contributed by atoms with Crippen LogP contribution in [0.3, 0.4) is 0 Å². The summed E-state index contributed by atoms with van der Waals surface area (Å²) in [6, 6.07) is 7.14. The topological polar surface area (TPSA) is 171 Å². The van der Waals surface area contributed by atoms with Crippen molar-refractivity contribution in [3.63, 3.8) is 0 Å². The number of amides is 3. The number of nitrogens with one attached hydrogen (secondary N) is 3. The fourth-order valence-electron chi connectivity index (χ4n) is 4.92. The van der Waals surface area contributed by atoms with Crippen LogP contribution in [0.5, 0.6) is 0 Å². The van der Waals surface area contributed by atoms with E-state index in [1.54, 1.807) is 20.8 Å². The molecule has 0 heterocycles. The largest absolute Gasteiger partial charge is 0.444 e. The molecule has 3 rings (SSSR count). The number of rotatable bonds is 10. The minimum absolute atomic E-state index is 0.0242. The van der Waals surface area contributed by atoms with Crippen LogP contribution in [0.25, 0.3) is 0 Å². The summed E-state index contributed by atoms with van der Waals surface area (Å²) < 4.78 is 71.5. The van der Waals surface area contributed by atoms with Gasteiger partial charge < -0.3 is 25.6 Å². The predicted molar refractivity (Wildman–Crippen MR) is 158 cm³/mol. The van der Waals surface area contributed by atoms with Crippen LogP contribution in [0.15, 0.2) is 47.4 Å². The van der Waals surface area contributed by atoms with Gasteiger partial charge >= 0.3 is 12.3 Å². The zero-order valence-corrected chi connectivity index (χ0v) is 25.9. The van der Waals surface area contributed by atoms with Crippen molar-refractivity contribution in [2.45, 2.75) is 75.3 Å². The summed E-state index contributed by atoms with van der Waals surface area (Å²) in [5, 5.41) is 26.1. The van der Waals surface area contributed by atoms with Crippen LogP contribution in [-0.4, -0.2) is 67.1 Å². The van der Waals surface area contributed by atoms with E-state index in [0.29, 0.717) is 30.5 Å².